The van der Waals surface area contributed by atoms with E-state index in [0.717, 1.165) is 61.0 Å². The Bertz CT molecular complexity index is 2780. The van der Waals surface area contributed by atoms with E-state index in [9.17, 15) is 0 Å². The zero-order chi connectivity index (χ0) is 33.0. The largest absolute Gasteiger partial charge is 0.455 e. The Hall–Kier alpha value is -6.85. The Morgan fingerprint density at radius 2 is 0.920 bits per heavy atom. The summed E-state index contributed by atoms with van der Waals surface area (Å²) in [6.45, 7) is 0. The molecule has 5 nitrogen and oxygen atoms in total. The minimum absolute atomic E-state index is 0.629. The van der Waals surface area contributed by atoms with Crippen LogP contribution in [0.15, 0.2) is 174 Å². The van der Waals surface area contributed by atoms with Gasteiger partial charge in [0, 0.05) is 55.6 Å². The van der Waals surface area contributed by atoms with Crippen LogP contribution in [0.1, 0.15) is 0 Å². The summed E-state index contributed by atoms with van der Waals surface area (Å²) in [6.07, 6.45) is 0. The first-order chi connectivity index (χ1) is 24.8. The van der Waals surface area contributed by atoms with Gasteiger partial charge in [-0.1, -0.05) is 140 Å². The molecule has 50 heavy (non-hydrogen) atoms. The summed E-state index contributed by atoms with van der Waals surface area (Å²) >= 11 is 0. The molecule has 7 aromatic carbocycles. The van der Waals surface area contributed by atoms with E-state index >= 15 is 0 Å². The topological polar surface area (TPSA) is 56.7 Å². The maximum Gasteiger partial charge on any atom is 0.164 e. The summed E-state index contributed by atoms with van der Waals surface area (Å²) in [5, 5.41) is 4.63. The number of hydrogen-bond acceptors (Lipinski definition) is 4. The van der Waals surface area contributed by atoms with E-state index in [1.165, 1.54) is 16.3 Å². The fourth-order valence-corrected chi connectivity index (χ4v) is 7.08. The highest BCUT2D eigenvalue weighted by Crippen LogP contribution is 2.41. The number of rotatable bonds is 5. The standard InChI is InChI=1S/C45H28N4O/c1-4-13-30(14-5-1)43-46-44(31-15-6-2-7-16-31)48-45(47-43)32-25-23-29(24-26-32)34-20-12-21-36-38-27-37-35-19-10-11-22-39(35)49(33-17-8-3-9-18-33)40(37)28-41(38)50-42(34)36/h1-28H. The molecule has 0 aliphatic rings. The highest BCUT2D eigenvalue weighted by molar-refractivity contribution is 6.18. The normalized spacial score (nSPS) is 11.6. The van der Waals surface area contributed by atoms with E-state index in [1.54, 1.807) is 0 Å². The molecule has 3 aromatic heterocycles. The molecule has 0 aliphatic carbocycles. The molecule has 0 atom stereocenters. The average molecular weight is 641 g/mol. The summed E-state index contributed by atoms with van der Waals surface area (Å²) in [6, 6.07) is 58.5. The molecule has 234 valence electrons. The fourth-order valence-electron chi connectivity index (χ4n) is 7.08. The van der Waals surface area contributed by atoms with Gasteiger partial charge in [0.1, 0.15) is 11.2 Å². The number of fused-ring (bicyclic) bond motifs is 6. The van der Waals surface area contributed by atoms with Crippen LogP contribution in [0.4, 0.5) is 0 Å². The van der Waals surface area contributed by atoms with E-state index in [0.29, 0.717) is 17.5 Å². The Morgan fingerprint density at radius 1 is 0.380 bits per heavy atom. The van der Waals surface area contributed by atoms with Crippen molar-refractivity contribution in [2.75, 3.05) is 0 Å². The van der Waals surface area contributed by atoms with Crippen LogP contribution in [0.3, 0.4) is 0 Å². The lowest BCUT2D eigenvalue weighted by molar-refractivity contribution is 0.670. The maximum absolute atomic E-state index is 6.73. The Kier molecular flexibility index (Phi) is 6.42. The molecule has 0 radical (unpaired) electrons. The second-order valence-corrected chi connectivity index (χ2v) is 12.5. The predicted octanol–water partition coefficient (Wildman–Crippen LogP) is 11.5. The molecule has 10 aromatic rings. The van der Waals surface area contributed by atoms with Gasteiger partial charge in [0.2, 0.25) is 0 Å². The molecule has 0 amide bonds. The van der Waals surface area contributed by atoms with Crippen LogP contribution in [0.25, 0.3) is 94.7 Å². The van der Waals surface area contributed by atoms with E-state index in [-0.39, 0.29) is 0 Å². The third kappa shape index (κ3) is 4.60. The fraction of sp³-hybridized carbons (Fsp3) is 0. The number of aromatic nitrogens is 4. The zero-order valence-electron chi connectivity index (χ0n) is 26.9. The number of hydrogen-bond donors (Lipinski definition) is 0. The summed E-state index contributed by atoms with van der Waals surface area (Å²) in [7, 11) is 0. The van der Waals surface area contributed by atoms with Crippen LogP contribution < -0.4 is 0 Å². The van der Waals surface area contributed by atoms with Gasteiger partial charge in [0.25, 0.3) is 0 Å². The first-order valence-corrected chi connectivity index (χ1v) is 16.7. The van der Waals surface area contributed by atoms with Gasteiger partial charge in [-0.3, -0.25) is 0 Å². The Balaban J connectivity index is 1.09. The second-order valence-electron chi connectivity index (χ2n) is 12.5. The molecular weight excluding hydrogens is 613 g/mol. The molecule has 0 spiro atoms. The van der Waals surface area contributed by atoms with E-state index < -0.39 is 0 Å². The second kappa shape index (κ2) is 11.4. The average Bonchev–Trinajstić information content (AvgIpc) is 3.73. The molecule has 0 N–H and O–H groups in total. The van der Waals surface area contributed by atoms with Crippen molar-refractivity contribution in [3.8, 4) is 51.0 Å². The summed E-state index contributed by atoms with van der Waals surface area (Å²) in [5.41, 5.74) is 10.1. The van der Waals surface area contributed by atoms with Crippen molar-refractivity contribution < 1.29 is 4.42 Å². The number of benzene rings is 7. The van der Waals surface area contributed by atoms with Crippen LogP contribution in [-0.2, 0) is 0 Å². The first kappa shape index (κ1) is 28.2. The van der Waals surface area contributed by atoms with Crippen LogP contribution in [-0.4, -0.2) is 19.5 Å². The van der Waals surface area contributed by atoms with Gasteiger partial charge in [-0.15, -0.1) is 0 Å². The number of para-hydroxylation sites is 3. The molecule has 0 aliphatic heterocycles. The van der Waals surface area contributed by atoms with Gasteiger partial charge in [-0.05, 0) is 29.8 Å². The third-order valence-electron chi connectivity index (χ3n) is 9.46. The van der Waals surface area contributed by atoms with Gasteiger partial charge >= 0.3 is 0 Å². The van der Waals surface area contributed by atoms with Crippen molar-refractivity contribution in [1.82, 2.24) is 19.5 Å². The van der Waals surface area contributed by atoms with Crippen LogP contribution >= 0.6 is 0 Å². The summed E-state index contributed by atoms with van der Waals surface area (Å²) in [5.74, 6) is 1.92. The molecule has 0 fully saturated rings. The van der Waals surface area contributed by atoms with Crippen LogP contribution in [0.2, 0.25) is 0 Å². The Morgan fingerprint density at radius 3 is 1.58 bits per heavy atom. The molecule has 3 heterocycles. The van der Waals surface area contributed by atoms with Crippen LogP contribution in [0, 0.1) is 0 Å². The quantitative estimate of drug-likeness (QED) is 0.188. The monoisotopic (exact) mass is 640 g/mol. The van der Waals surface area contributed by atoms with E-state index in [2.05, 4.69) is 114 Å². The molecule has 5 heteroatoms. The third-order valence-corrected chi connectivity index (χ3v) is 9.46. The molecule has 0 saturated heterocycles. The lowest BCUT2D eigenvalue weighted by Crippen LogP contribution is -2.00. The highest BCUT2D eigenvalue weighted by Gasteiger charge is 2.18. The van der Waals surface area contributed by atoms with Crippen molar-refractivity contribution in [3.63, 3.8) is 0 Å². The zero-order valence-corrected chi connectivity index (χ0v) is 26.9. The van der Waals surface area contributed by atoms with E-state index in [4.69, 9.17) is 19.4 Å². The van der Waals surface area contributed by atoms with Gasteiger partial charge in [0.15, 0.2) is 17.5 Å². The smallest absolute Gasteiger partial charge is 0.164 e. The van der Waals surface area contributed by atoms with Crippen molar-refractivity contribution in [2.24, 2.45) is 0 Å². The maximum atomic E-state index is 6.73. The van der Waals surface area contributed by atoms with Crippen molar-refractivity contribution in [3.05, 3.63) is 170 Å². The van der Waals surface area contributed by atoms with Gasteiger partial charge in [-0.2, -0.15) is 0 Å². The van der Waals surface area contributed by atoms with Gasteiger partial charge in [-0.25, -0.2) is 15.0 Å². The van der Waals surface area contributed by atoms with Gasteiger partial charge in [0.05, 0.1) is 11.0 Å². The van der Waals surface area contributed by atoms with Crippen molar-refractivity contribution >= 4 is 43.7 Å². The molecular formula is C45H28N4O. The number of furan rings is 1. The predicted molar refractivity (Wildman–Crippen MR) is 203 cm³/mol. The van der Waals surface area contributed by atoms with Crippen molar-refractivity contribution in [2.45, 2.75) is 0 Å². The highest BCUT2D eigenvalue weighted by atomic mass is 16.3. The molecule has 0 unspecified atom stereocenters. The summed E-state index contributed by atoms with van der Waals surface area (Å²) < 4.78 is 9.05. The van der Waals surface area contributed by atoms with E-state index in [1.807, 2.05) is 60.7 Å². The van der Waals surface area contributed by atoms with Crippen molar-refractivity contribution in [1.29, 1.82) is 0 Å². The number of nitrogens with zero attached hydrogens (tertiary/aromatic N) is 4. The van der Waals surface area contributed by atoms with Crippen LogP contribution in [0.5, 0.6) is 0 Å². The molecule has 0 saturated carbocycles. The summed E-state index contributed by atoms with van der Waals surface area (Å²) in [4.78, 5) is 14.7. The minimum Gasteiger partial charge on any atom is -0.455 e. The lowest BCUT2D eigenvalue weighted by Gasteiger charge is -2.09. The Labute approximate surface area is 287 Å². The first-order valence-electron chi connectivity index (χ1n) is 16.7. The molecule has 10 rings (SSSR count). The minimum atomic E-state index is 0.629. The van der Waals surface area contributed by atoms with Gasteiger partial charge < -0.3 is 8.98 Å². The lowest BCUT2D eigenvalue weighted by atomic mass is 10.0. The molecule has 0 bridgehead atoms. The SMILES string of the molecule is c1ccc(-c2nc(-c3ccccc3)nc(-c3ccc(-c4cccc5c4oc4cc6c(cc45)c4ccccc4n6-c4ccccc4)cc3)n2)cc1.